The van der Waals surface area contributed by atoms with Gasteiger partial charge in [-0.25, -0.2) is 0 Å². The van der Waals surface area contributed by atoms with Crippen LogP contribution in [-0.4, -0.2) is 29.7 Å². The molecule has 1 heterocycles. The quantitative estimate of drug-likeness (QED) is 0.526. The molecule has 6 heteroatoms. The Labute approximate surface area is 125 Å². The number of hydrazine groups is 1. The van der Waals surface area contributed by atoms with Crippen molar-refractivity contribution in [3.05, 3.63) is 35.0 Å². The van der Waals surface area contributed by atoms with Gasteiger partial charge in [0.05, 0.1) is 17.1 Å². The van der Waals surface area contributed by atoms with Gasteiger partial charge in [-0.15, -0.1) is 0 Å². The van der Waals surface area contributed by atoms with Crippen LogP contribution in [-0.2, 0) is 4.84 Å². The summed E-state index contributed by atoms with van der Waals surface area (Å²) in [7, 11) is 0. The first-order chi connectivity index (χ1) is 9.83. The van der Waals surface area contributed by atoms with Gasteiger partial charge in [0.25, 0.3) is 0 Å². The van der Waals surface area contributed by atoms with E-state index in [1.807, 2.05) is 20.8 Å². The molecule has 1 aromatic carbocycles. The van der Waals surface area contributed by atoms with Crippen LogP contribution in [0.25, 0.3) is 0 Å². The molecule has 0 spiro atoms. The number of anilines is 1. The highest BCUT2D eigenvalue weighted by atomic mass is 16.7. The van der Waals surface area contributed by atoms with E-state index in [0.29, 0.717) is 4.97 Å². The molecule has 1 fully saturated rings. The molecule has 0 unspecified atom stereocenters. The van der Waals surface area contributed by atoms with Gasteiger partial charge in [0.1, 0.15) is 0 Å². The molecule has 0 aromatic heterocycles. The average molecular weight is 292 g/mol. The lowest BCUT2D eigenvalue weighted by Gasteiger charge is -2.18. The molecule has 1 aliphatic rings. The molecular formula is C15H24N4O2. The lowest BCUT2D eigenvalue weighted by molar-refractivity contribution is -0.626. The summed E-state index contributed by atoms with van der Waals surface area (Å²) in [5.41, 5.74) is 4.76. The minimum Gasteiger partial charge on any atom is -0.569 e. The van der Waals surface area contributed by atoms with Crippen molar-refractivity contribution in [2.24, 2.45) is 5.28 Å². The summed E-state index contributed by atoms with van der Waals surface area (Å²) in [6, 6.07) is 8.38. The maximum atomic E-state index is 11.5. The van der Waals surface area contributed by atoms with E-state index >= 15 is 0 Å². The highest BCUT2D eigenvalue weighted by Gasteiger charge is 2.25. The smallest absolute Gasteiger partial charge is 0.233 e. The molecule has 1 saturated heterocycles. The second-order valence-electron chi connectivity index (χ2n) is 6.52. The van der Waals surface area contributed by atoms with E-state index in [-0.39, 0.29) is 11.6 Å². The van der Waals surface area contributed by atoms with Gasteiger partial charge in [-0.05, 0) is 45.4 Å². The number of nitrogens with one attached hydrogen (secondary N) is 1. The van der Waals surface area contributed by atoms with Gasteiger partial charge in [-0.1, -0.05) is 12.1 Å². The van der Waals surface area contributed by atoms with Gasteiger partial charge in [-0.2, -0.15) is 5.43 Å². The van der Waals surface area contributed by atoms with Crippen molar-refractivity contribution in [1.82, 2.24) is 5.43 Å². The van der Waals surface area contributed by atoms with Crippen molar-refractivity contribution in [2.75, 3.05) is 18.0 Å². The molecule has 0 saturated carbocycles. The molecule has 0 bridgehead atoms. The summed E-state index contributed by atoms with van der Waals surface area (Å²) < 4.78 is 0. The summed E-state index contributed by atoms with van der Waals surface area (Å²) in [6.07, 6.45) is 0.810. The third-order valence-electron chi connectivity index (χ3n) is 3.21. The molecule has 2 rings (SSSR count). The maximum Gasteiger partial charge on any atom is 0.233 e. The lowest BCUT2D eigenvalue weighted by Crippen LogP contribution is -2.40. The van der Waals surface area contributed by atoms with Gasteiger partial charge >= 0.3 is 0 Å². The van der Waals surface area contributed by atoms with Crippen molar-refractivity contribution in [3.63, 3.8) is 0 Å². The zero-order chi connectivity index (χ0) is 15.5. The van der Waals surface area contributed by atoms with Crippen LogP contribution < -0.4 is 10.3 Å². The fourth-order valence-corrected chi connectivity index (χ4v) is 2.29. The van der Waals surface area contributed by atoms with Gasteiger partial charge in [0.15, 0.2) is 6.10 Å². The Morgan fingerprint density at radius 2 is 2.19 bits per heavy atom. The van der Waals surface area contributed by atoms with E-state index in [1.54, 1.807) is 0 Å². The first kappa shape index (κ1) is 15.4. The zero-order valence-electron chi connectivity index (χ0n) is 13.2. The number of rotatable bonds is 4. The van der Waals surface area contributed by atoms with Crippen LogP contribution >= 0.6 is 0 Å². The molecule has 0 radical (unpaired) electrons. The standard InChI is InChI=1S/C15H24N4O2/c1-12-6-5-7-13(10-12)18-9-8-14(11-18)21-17-19(20)16-15(2,3)4/h5-7,10,14H,8-9,11H2,1-4H3,(H,16,17)/t14-/m1/s1. The Balaban J connectivity index is 1.87. The Kier molecular flexibility index (Phi) is 4.55. The van der Waals surface area contributed by atoms with Crippen LogP contribution in [0.3, 0.4) is 0 Å². The Morgan fingerprint density at radius 3 is 2.86 bits per heavy atom. The molecule has 1 atom stereocenters. The normalized spacial score (nSPS) is 19.7. The Hall–Kier alpha value is -1.98. The van der Waals surface area contributed by atoms with Crippen LogP contribution in [0.15, 0.2) is 29.5 Å². The number of hydrogen-bond donors (Lipinski definition) is 1. The zero-order valence-corrected chi connectivity index (χ0v) is 13.2. The summed E-state index contributed by atoms with van der Waals surface area (Å²) in [4.78, 5) is 7.97. The summed E-state index contributed by atoms with van der Waals surface area (Å²) in [6.45, 7) is 9.41. The fraction of sp³-hybridized carbons (Fsp3) is 0.600. The lowest BCUT2D eigenvalue weighted by atomic mass is 10.1. The largest absolute Gasteiger partial charge is 0.569 e. The van der Waals surface area contributed by atoms with Crippen LogP contribution in [0.1, 0.15) is 32.8 Å². The van der Waals surface area contributed by atoms with E-state index < -0.39 is 0 Å². The number of hydrogen-bond acceptors (Lipinski definition) is 4. The highest BCUT2D eigenvalue weighted by Crippen LogP contribution is 2.22. The molecule has 6 nitrogen and oxygen atoms in total. The van der Waals surface area contributed by atoms with E-state index in [1.165, 1.54) is 11.3 Å². The molecule has 0 amide bonds. The van der Waals surface area contributed by atoms with Gasteiger partial charge in [-0.3, -0.25) is 0 Å². The summed E-state index contributed by atoms with van der Waals surface area (Å²) >= 11 is 0. The van der Waals surface area contributed by atoms with Crippen molar-refractivity contribution >= 4 is 5.69 Å². The van der Waals surface area contributed by atoms with E-state index in [9.17, 15) is 5.21 Å². The van der Waals surface area contributed by atoms with Crippen molar-refractivity contribution in [3.8, 4) is 0 Å². The minimum atomic E-state index is -0.335. The molecule has 0 aliphatic carbocycles. The third-order valence-corrected chi connectivity index (χ3v) is 3.21. The second-order valence-corrected chi connectivity index (χ2v) is 6.52. The predicted octanol–water partition coefficient (Wildman–Crippen LogP) is 2.77. The maximum absolute atomic E-state index is 11.5. The number of benzene rings is 1. The average Bonchev–Trinajstić information content (AvgIpc) is 2.83. The van der Waals surface area contributed by atoms with Crippen molar-refractivity contribution < 1.29 is 9.81 Å². The third kappa shape index (κ3) is 4.81. The minimum absolute atomic E-state index is 0.0521. The Morgan fingerprint density at radius 1 is 1.43 bits per heavy atom. The first-order valence-corrected chi connectivity index (χ1v) is 7.27. The Bertz CT molecular complexity index is 511. The van der Waals surface area contributed by atoms with E-state index in [4.69, 9.17) is 4.84 Å². The van der Waals surface area contributed by atoms with Gasteiger partial charge in [0, 0.05) is 18.7 Å². The van der Waals surface area contributed by atoms with E-state index in [2.05, 4.69) is 46.8 Å². The van der Waals surface area contributed by atoms with E-state index in [0.717, 1.165) is 19.5 Å². The monoisotopic (exact) mass is 292 g/mol. The summed E-state index contributed by atoms with van der Waals surface area (Å²) in [5, 5.41) is 15.1. The van der Waals surface area contributed by atoms with Crippen LogP contribution in [0.4, 0.5) is 5.69 Å². The van der Waals surface area contributed by atoms with Crippen LogP contribution in [0, 0.1) is 12.1 Å². The highest BCUT2D eigenvalue weighted by molar-refractivity contribution is 5.49. The molecule has 21 heavy (non-hydrogen) atoms. The van der Waals surface area contributed by atoms with Crippen LogP contribution in [0.5, 0.6) is 0 Å². The predicted molar refractivity (Wildman–Crippen MR) is 81.8 cm³/mol. The fourth-order valence-electron chi connectivity index (χ4n) is 2.29. The van der Waals surface area contributed by atoms with Gasteiger partial charge in [0.2, 0.25) is 5.28 Å². The van der Waals surface area contributed by atoms with Crippen molar-refractivity contribution in [2.45, 2.75) is 45.8 Å². The number of nitrogens with zero attached hydrogens (tertiary/aromatic N) is 3. The van der Waals surface area contributed by atoms with Crippen LogP contribution in [0.2, 0.25) is 0 Å². The number of aryl methyl sites for hydroxylation is 1. The first-order valence-electron chi connectivity index (χ1n) is 7.27. The molecule has 1 aliphatic heterocycles. The molecule has 116 valence electrons. The molecule has 1 N–H and O–H groups in total. The van der Waals surface area contributed by atoms with Gasteiger partial charge < -0.3 is 14.9 Å². The summed E-state index contributed by atoms with van der Waals surface area (Å²) in [5.74, 6) is 0. The second kappa shape index (κ2) is 6.20. The molecule has 1 aromatic rings. The van der Waals surface area contributed by atoms with Crippen molar-refractivity contribution in [1.29, 1.82) is 0 Å². The topological polar surface area (TPSA) is 62.9 Å². The SMILES string of the molecule is Cc1cccc(N2CC[C@@H](O/N=[N+](\[O-])NC(C)(C)C)C2)c1. The molecular weight excluding hydrogens is 268 g/mol.